The number of nitrogens with zero attached hydrogens (tertiary/aromatic N) is 4. The van der Waals surface area contributed by atoms with E-state index in [1.165, 1.54) is 11.3 Å². The lowest BCUT2D eigenvalue weighted by Crippen LogP contribution is -2.15. The van der Waals surface area contributed by atoms with Gasteiger partial charge < -0.3 is 5.32 Å². The highest BCUT2D eigenvalue weighted by Crippen LogP contribution is 2.24. The zero-order valence-corrected chi connectivity index (χ0v) is 15.1. The molecule has 0 saturated heterocycles. The lowest BCUT2D eigenvalue weighted by atomic mass is 10.3. The maximum absolute atomic E-state index is 12.1. The van der Waals surface area contributed by atoms with E-state index in [4.69, 9.17) is 11.6 Å². The highest BCUT2D eigenvalue weighted by molar-refractivity contribution is 7.12. The Morgan fingerprint density at radius 3 is 2.83 bits per heavy atom. The lowest BCUT2D eigenvalue weighted by molar-refractivity contribution is -0.115. The van der Waals surface area contributed by atoms with Gasteiger partial charge in [0.2, 0.25) is 11.0 Å². The van der Waals surface area contributed by atoms with E-state index in [-0.39, 0.29) is 12.3 Å². The van der Waals surface area contributed by atoms with Gasteiger partial charge in [0.15, 0.2) is 0 Å². The molecule has 1 N–H and O–H groups in total. The van der Waals surface area contributed by atoms with Crippen LogP contribution in [0.3, 0.4) is 0 Å². The third-order valence-corrected chi connectivity index (χ3v) is 4.86. The van der Waals surface area contributed by atoms with Crippen molar-refractivity contribution in [2.75, 3.05) is 5.32 Å². The van der Waals surface area contributed by atoms with E-state index in [0.29, 0.717) is 21.7 Å². The van der Waals surface area contributed by atoms with E-state index in [2.05, 4.69) is 20.4 Å². The maximum atomic E-state index is 12.1. The van der Waals surface area contributed by atoms with Crippen LogP contribution in [0.25, 0.3) is 5.13 Å². The summed E-state index contributed by atoms with van der Waals surface area (Å²) >= 11 is 7.59. The van der Waals surface area contributed by atoms with Crippen LogP contribution in [0.1, 0.15) is 22.6 Å². The monoisotopic (exact) mass is 361 g/mol. The van der Waals surface area contributed by atoms with Crippen LogP contribution in [-0.4, -0.2) is 25.7 Å². The van der Waals surface area contributed by atoms with E-state index in [0.717, 1.165) is 17.0 Å². The minimum atomic E-state index is -0.156. The number of pyridine rings is 1. The molecule has 0 fully saturated rings. The molecule has 0 spiro atoms. The van der Waals surface area contributed by atoms with E-state index >= 15 is 0 Å². The van der Waals surface area contributed by atoms with Crippen molar-refractivity contribution in [1.29, 1.82) is 0 Å². The van der Waals surface area contributed by atoms with E-state index in [9.17, 15) is 4.79 Å². The molecule has 0 bridgehead atoms. The first-order chi connectivity index (χ1) is 11.4. The molecule has 3 heterocycles. The maximum Gasteiger partial charge on any atom is 0.231 e. The lowest BCUT2D eigenvalue weighted by Gasteiger charge is -2.03. The number of thiazole rings is 1. The Morgan fingerprint density at radius 1 is 1.38 bits per heavy atom. The third-order valence-electron chi connectivity index (χ3n) is 3.45. The minimum absolute atomic E-state index is 0.156. The van der Waals surface area contributed by atoms with Crippen LogP contribution in [0.15, 0.2) is 23.7 Å². The first-order valence-corrected chi connectivity index (χ1v) is 8.59. The molecule has 3 aromatic heterocycles. The molecule has 0 aliphatic carbocycles. The average Bonchev–Trinajstić information content (AvgIpc) is 3.07. The summed E-state index contributed by atoms with van der Waals surface area (Å²) in [7, 11) is 0. The predicted octanol–water partition coefficient (Wildman–Crippen LogP) is 3.48. The summed E-state index contributed by atoms with van der Waals surface area (Å²) in [6.07, 6.45) is 1.84. The molecule has 6 nitrogen and oxygen atoms in total. The van der Waals surface area contributed by atoms with E-state index in [1.807, 2.05) is 38.3 Å². The zero-order valence-electron chi connectivity index (χ0n) is 13.5. The highest BCUT2D eigenvalue weighted by atomic mass is 35.5. The Labute approximate surface area is 148 Å². The highest BCUT2D eigenvalue weighted by Gasteiger charge is 2.15. The standard InChI is InChI=1S/C16H16ClN5OS/c1-9-4-5-18-13(6-9)20-14(23)7-12-8-24-16(19-12)22-11(3)15(17)10(2)21-22/h4-6,8H,7H2,1-3H3,(H,18,20,23). The molecule has 3 aromatic rings. The third kappa shape index (κ3) is 3.47. The minimum Gasteiger partial charge on any atom is -0.310 e. The van der Waals surface area contributed by atoms with Gasteiger partial charge in [0.1, 0.15) is 5.82 Å². The summed E-state index contributed by atoms with van der Waals surface area (Å²) in [4.78, 5) is 20.7. The summed E-state index contributed by atoms with van der Waals surface area (Å²) in [6, 6.07) is 3.70. The van der Waals surface area contributed by atoms with Crippen LogP contribution in [0.4, 0.5) is 5.82 Å². The van der Waals surface area contributed by atoms with Gasteiger partial charge in [0, 0.05) is 11.6 Å². The number of hydrogen-bond donors (Lipinski definition) is 1. The smallest absolute Gasteiger partial charge is 0.231 e. The summed E-state index contributed by atoms with van der Waals surface area (Å²) < 4.78 is 1.70. The van der Waals surface area contributed by atoms with Gasteiger partial charge in [-0.1, -0.05) is 11.6 Å². The average molecular weight is 362 g/mol. The van der Waals surface area contributed by atoms with Gasteiger partial charge in [-0.25, -0.2) is 14.6 Å². The molecule has 0 aliphatic rings. The van der Waals surface area contributed by atoms with Crippen molar-refractivity contribution < 1.29 is 4.79 Å². The molecule has 0 radical (unpaired) electrons. The molecular formula is C16H16ClN5OS. The van der Waals surface area contributed by atoms with Crippen LogP contribution in [0, 0.1) is 20.8 Å². The normalized spacial score (nSPS) is 10.8. The number of carbonyl (C=O) groups excluding carboxylic acids is 1. The fourth-order valence-corrected chi connectivity index (χ4v) is 3.18. The van der Waals surface area contributed by atoms with Gasteiger partial charge in [-0.3, -0.25) is 4.79 Å². The summed E-state index contributed by atoms with van der Waals surface area (Å²) in [5.41, 5.74) is 3.32. The Morgan fingerprint density at radius 2 is 2.17 bits per heavy atom. The van der Waals surface area contributed by atoms with Crippen LogP contribution >= 0.6 is 22.9 Å². The number of amides is 1. The van der Waals surface area contributed by atoms with Crippen molar-refractivity contribution in [2.24, 2.45) is 0 Å². The first-order valence-electron chi connectivity index (χ1n) is 7.33. The van der Waals surface area contributed by atoms with Gasteiger partial charge in [-0.15, -0.1) is 11.3 Å². The second-order valence-corrected chi connectivity index (χ2v) is 6.68. The van der Waals surface area contributed by atoms with Gasteiger partial charge in [-0.2, -0.15) is 5.10 Å². The number of anilines is 1. The van der Waals surface area contributed by atoms with E-state index < -0.39 is 0 Å². The second kappa shape index (κ2) is 6.70. The number of aromatic nitrogens is 4. The molecule has 124 valence electrons. The fourth-order valence-electron chi connectivity index (χ4n) is 2.24. The number of hydrogen-bond acceptors (Lipinski definition) is 5. The fraction of sp³-hybridized carbons (Fsp3) is 0.250. The largest absolute Gasteiger partial charge is 0.310 e. The molecule has 0 atom stereocenters. The molecule has 0 aliphatic heterocycles. The van der Waals surface area contributed by atoms with Gasteiger partial charge in [-0.05, 0) is 38.5 Å². The van der Waals surface area contributed by atoms with Crippen molar-refractivity contribution in [3.05, 3.63) is 51.4 Å². The Bertz CT molecular complexity index is 902. The van der Waals surface area contributed by atoms with Crippen LogP contribution in [0.5, 0.6) is 0 Å². The summed E-state index contributed by atoms with van der Waals surface area (Å²) in [6.45, 7) is 5.69. The summed E-state index contributed by atoms with van der Waals surface area (Å²) in [5, 5.41) is 10.3. The van der Waals surface area contributed by atoms with Crippen molar-refractivity contribution >= 4 is 34.7 Å². The summed E-state index contributed by atoms with van der Waals surface area (Å²) in [5.74, 6) is 0.386. The number of rotatable bonds is 4. The Kier molecular flexibility index (Phi) is 4.64. The SMILES string of the molecule is Cc1ccnc(NC(=O)Cc2csc(-n3nc(C)c(Cl)c3C)n2)c1. The van der Waals surface area contributed by atoms with Crippen molar-refractivity contribution in [2.45, 2.75) is 27.2 Å². The Hall–Kier alpha value is -2.25. The molecule has 0 aromatic carbocycles. The second-order valence-electron chi connectivity index (χ2n) is 5.46. The molecule has 8 heteroatoms. The molecule has 0 saturated carbocycles. The number of nitrogens with one attached hydrogen (secondary N) is 1. The van der Waals surface area contributed by atoms with Crippen molar-refractivity contribution in [3.63, 3.8) is 0 Å². The quantitative estimate of drug-likeness (QED) is 0.772. The van der Waals surface area contributed by atoms with Crippen LogP contribution in [-0.2, 0) is 11.2 Å². The van der Waals surface area contributed by atoms with Gasteiger partial charge in [0.05, 0.1) is 28.5 Å². The van der Waals surface area contributed by atoms with Crippen molar-refractivity contribution in [3.8, 4) is 5.13 Å². The Balaban J connectivity index is 1.72. The zero-order chi connectivity index (χ0) is 17.3. The van der Waals surface area contributed by atoms with E-state index in [1.54, 1.807) is 10.9 Å². The molecule has 24 heavy (non-hydrogen) atoms. The van der Waals surface area contributed by atoms with Crippen LogP contribution in [0.2, 0.25) is 5.02 Å². The molecule has 3 rings (SSSR count). The molecule has 0 unspecified atom stereocenters. The number of carbonyl (C=O) groups is 1. The van der Waals surface area contributed by atoms with Crippen molar-refractivity contribution in [1.82, 2.24) is 19.7 Å². The number of aryl methyl sites for hydroxylation is 2. The van der Waals surface area contributed by atoms with Crippen LogP contribution < -0.4 is 5.32 Å². The van der Waals surface area contributed by atoms with Gasteiger partial charge >= 0.3 is 0 Å². The topological polar surface area (TPSA) is 72.7 Å². The first kappa shape index (κ1) is 16.6. The number of halogens is 1. The predicted molar refractivity (Wildman–Crippen MR) is 95.0 cm³/mol. The molecular weight excluding hydrogens is 346 g/mol. The van der Waals surface area contributed by atoms with Gasteiger partial charge in [0.25, 0.3) is 0 Å². The molecule has 1 amide bonds.